The number of unbranched alkanes of at least 4 members (excludes halogenated alkanes) is 5. The molecule has 38 heavy (non-hydrogen) atoms. The summed E-state index contributed by atoms with van der Waals surface area (Å²) in [6.45, 7) is 9.97. The fourth-order valence-corrected chi connectivity index (χ4v) is 5.40. The maximum absolute atomic E-state index is 12.7. The summed E-state index contributed by atoms with van der Waals surface area (Å²) in [5.41, 5.74) is 6.17. The Bertz CT molecular complexity index is 1250. The maximum Gasteiger partial charge on any atom is 0.251 e. The van der Waals surface area contributed by atoms with Crippen LogP contribution >= 0.6 is 0 Å². The molecule has 0 atom stereocenters. The van der Waals surface area contributed by atoms with Gasteiger partial charge >= 0.3 is 0 Å². The van der Waals surface area contributed by atoms with Crippen molar-refractivity contribution in [3.05, 3.63) is 76.5 Å². The lowest BCUT2D eigenvalue weighted by Crippen LogP contribution is -2.27. The number of carbonyl (C=O) groups excluding carboxylic acids is 2. The molecule has 2 aromatic carbocycles. The topological polar surface area (TPSA) is 62.3 Å². The molecule has 1 aliphatic rings. The number of aryl methyl sites for hydroxylation is 1. The van der Waals surface area contributed by atoms with E-state index >= 15 is 0 Å². The van der Waals surface area contributed by atoms with Gasteiger partial charge in [-0.25, -0.2) is 0 Å². The second kappa shape index (κ2) is 13.7. The number of amides is 1. The molecule has 202 valence electrons. The maximum atomic E-state index is 12.7. The van der Waals surface area contributed by atoms with Gasteiger partial charge < -0.3 is 10.2 Å². The van der Waals surface area contributed by atoms with Crippen molar-refractivity contribution in [3.63, 3.8) is 0 Å². The van der Waals surface area contributed by atoms with Crippen LogP contribution in [0, 0.1) is 12.8 Å². The van der Waals surface area contributed by atoms with Gasteiger partial charge in [0.25, 0.3) is 5.91 Å². The van der Waals surface area contributed by atoms with E-state index in [9.17, 15) is 9.59 Å². The first-order valence-electron chi connectivity index (χ1n) is 14.5. The molecule has 0 aliphatic carbocycles. The lowest BCUT2D eigenvalue weighted by atomic mass is 9.95. The molecule has 4 rings (SSSR count). The summed E-state index contributed by atoms with van der Waals surface area (Å²) in [5, 5.41) is 4.00. The van der Waals surface area contributed by atoms with Gasteiger partial charge in [-0.1, -0.05) is 63.8 Å². The molecule has 5 nitrogen and oxygen atoms in total. The lowest BCUT2D eigenvalue weighted by Gasteiger charge is -2.19. The standard InChI is InChI=1S/C33H43N3O2/c1-24(2)32(37)28-15-14-26-17-21-36(22-18-27(26)23-28)20-9-7-5-4-6-8-19-34-33(38)30-11-10-12-31-29(30)16-13-25(3)35-31/h10-16,23-24H,4-9,17-22H2,1-3H3,(H,34,38). The number of Topliss-reactive ketones (excluding diaryl/α,β-unsaturated/α-hetero) is 1. The Morgan fingerprint density at radius 1 is 0.895 bits per heavy atom. The monoisotopic (exact) mass is 513 g/mol. The van der Waals surface area contributed by atoms with E-state index in [4.69, 9.17) is 0 Å². The van der Waals surface area contributed by atoms with Gasteiger partial charge in [-0.05, 0) is 74.5 Å². The van der Waals surface area contributed by atoms with Crippen molar-refractivity contribution in [2.24, 2.45) is 5.92 Å². The third-order valence-corrected chi connectivity index (χ3v) is 7.71. The van der Waals surface area contributed by atoms with Crippen molar-refractivity contribution in [2.45, 2.75) is 72.1 Å². The van der Waals surface area contributed by atoms with E-state index in [0.29, 0.717) is 12.1 Å². The number of nitrogens with zero attached hydrogens (tertiary/aromatic N) is 2. The molecule has 0 saturated carbocycles. The van der Waals surface area contributed by atoms with Crippen LogP contribution in [0.5, 0.6) is 0 Å². The first kappa shape index (κ1) is 28.0. The van der Waals surface area contributed by atoms with E-state index < -0.39 is 0 Å². The molecule has 0 bridgehead atoms. The van der Waals surface area contributed by atoms with Gasteiger partial charge in [0.15, 0.2) is 5.78 Å². The normalized spacial score (nSPS) is 13.9. The van der Waals surface area contributed by atoms with E-state index in [1.807, 2.05) is 57.2 Å². The number of nitrogens with one attached hydrogen (secondary N) is 1. The second-order valence-electron chi connectivity index (χ2n) is 11.0. The Labute approximate surface area is 228 Å². The number of hydrogen-bond donors (Lipinski definition) is 1. The predicted octanol–water partition coefficient (Wildman–Crippen LogP) is 6.55. The molecular formula is C33H43N3O2. The number of pyridine rings is 1. The quantitative estimate of drug-likeness (QED) is 0.220. The molecule has 0 spiro atoms. The molecule has 1 amide bonds. The van der Waals surface area contributed by atoms with E-state index in [1.165, 1.54) is 36.8 Å². The third-order valence-electron chi connectivity index (χ3n) is 7.71. The number of aromatic nitrogens is 1. The average molecular weight is 514 g/mol. The largest absolute Gasteiger partial charge is 0.352 e. The average Bonchev–Trinajstić information content (AvgIpc) is 3.12. The number of carbonyl (C=O) groups is 2. The van der Waals surface area contributed by atoms with Crippen LogP contribution < -0.4 is 5.32 Å². The highest BCUT2D eigenvalue weighted by Gasteiger charge is 2.17. The number of fused-ring (bicyclic) bond motifs is 2. The van der Waals surface area contributed by atoms with Crippen molar-refractivity contribution in [3.8, 4) is 0 Å². The number of benzene rings is 2. The molecular weight excluding hydrogens is 470 g/mol. The number of ketones is 1. The van der Waals surface area contributed by atoms with Crippen LogP contribution in [-0.2, 0) is 12.8 Å². The first-order valence-corrected chi connectivity index (χ1v) is 14.5. The van der Waals surface area contributed by atoms with Crippen molar-refractivity contribution in [1.29, 1.82) is 0 Å². The fraction of sp³-hybridized carbons (Fsp3) is 0.485. The summed E-state index contributed by atoms with van der Waals surface area (Å²) in [7, 11) is 0. The predicted molar refractivity (Wildman–Crippen MR) is 156 cm³/mol. The van der Waals surface area contributed by atoms with Crippen LogP contribution in [0.15, 0.2) is 48.5 Å². The van der Waals surface area contributed by atoms with Crippen LogP contribution in [0.1, 0.15) is 89.9 Å². The summed E-state index contributed by atoms with van der Waals surface area (Å²) in [6.07, 6.45) is 9.22. The minimum absolute atomic E-state index is 0.0106. The molecule has 1 aromatic heterocycles. The van der Waals surface area contributed by atoms with Gasteiger partial charge in [-0.2, -0.15) is 0 Å². The van der Waals surface area contributed by atoms with Gasteiger partial charge in [-0.3, -0.25) is 14.6 Å². The van der Waals surface area contributed by atoms with Crippen molar-refractivity contribution >= 4 is 22.6 Å². The molecule has 5 heteroatoms. The van der Waals surface area contributed by atoms with Gasteiger partial charge in [0.2, 0.25) is 0 Å². The third kappa shape index (κ3) is 7.50. The molecule has 2 heterocycles. The molecule has 3 aromatic rings. The van der Waals surface area contributed by atoms with Crippen LogP contribution in [0.2, 0.25) is 0 Å². The summed E-state index contributed by atoms with van der Waals surface area (Å²) >= 11 is 0. The number of hydrogen-bond acceptors (Lipinski definition) is 4. The smallest absolute Gasteiger partial charge is 0.251 e. The lowest BCUT2D eigenvalue weighted by molar-refractivity contribution is 0.0936. The minimum atomic E-state index is -0.0106. The van der Waals surface area contributed by atoms with Crippen LogP contribution in [-0.4, -0.2) is 47.8 Å². The van der Waals surface area contributed by atoms with Gasteiger partial charge in [0.1, 0.15) is 0 Å². The van der Waals surface area contributed by atoms with Crippen molar-refractivity contribution in [2.75, 3.05) is 26.2 Å². The van der Waals surface area contributed by atoms with Crippen molar-refractivity contribution in [1.82, 2.24) is 15.2 Å². The van der Waals surface area contributed by atoms with Crippen molar-refractivity contribution < 1.29 is 9.59 Å². The molecule has 0 radical (unpaired) electrons. The molecule has 0 saturated heterocycles. The fourth-order valence-electron chi connectivity index (χ4n) is 5.40. The summed E-state index contributed by atoms with van der Waals surface area (Å²) < 4.78 is 0. The molecule has 1 N–H and O–H groups in total. The van der Waals surface area contributed by atoms with Crippen LogP contribution in [0.25, 0.3) is 10.9 Å². The molecule has 0 fully saturated rings. The zero-order valence-corrected chi connectivity index (χ0v) is 23.4. The number of rotatable bonds is 12. The highest BCUT2D eigenvalue weighted by molar-refractivity contribution is 6.06. The minimum Gasteiger partial charge on any atom is -0.352 e. The zero-order chi connectivity index (χ0) is 26.9. The highest BCUT2D eigenvalue weighted by Crippen LogP contribution is 2.21. The summed E-state index contributed by atoms with van der Waals surface area (Å²) in [6, 6.07) is 16.0. The Balaban J connectivity index is 1.08. The van der Waals surface area contributed by atoms with E-state index in [1.54, 1.807) is 0 Å². The van der Waals surface area contributed by atoms with Gasteiger partial charge in [0, 0.05) is 47.8 Å². The van der Waals surface area contributed by atoms with Gasteiger partial charge in [-0.15, -0.1) is 0 Å². The second-order valence-corrected chi connectivity index (χ2v) is 11.0. The molecule has 1 aliphatic heterocycles. The van der Waals surface area contributed by atoms with E-state index in [0.717, 1.165) is 67.5 Å². The Kier molecular flexibility index (Phi) is 10.1. The Morgan fingerprint density at radius 3 is 2.42 bits per heavy atom. The highest BCUT2D eigenvalue weighted by atomic mass is 16.1. The summed E-state index contributed by atoms with van der Waals surface area (Å²) in [5.74, 6) is 0.281. The van der Waals surface area contributed by atoms with E-state index in [-0.39, 0.29) is 17.6 Å². The van der Waals surface area contributed by atoms with Crippen LogP contribution in [0.4, 0.5) is 0 Å². The zero-order valence-electron chi connectivity index (χ0n) is 23.4. The molecule has 0 unspecified atom stereocenters. The Morgan fingerprint density at radius 2 is 1.63 bits per heavy atom. The first-order chi connectivity index (χ1) is 18.4. The van der Waals surface area contributed by atoms with Crippen LogP contribution in [0.3, 0.4) is 0 Å². The summed E-state index contributed by atoms with van der Waals surface area (Å²) in [4.78, 5) is 32.2. The van der Waals surface area contributed by atoms with E-state index in [2.05, 4.69) is 27.3 Å². The van der Waals surface area contributed by atoms with Gasteiger partial charge in [0.05, 0.1) is 5.52 Å². The Hall–Kier alpha value is -3.05. The SMILES string of the molecule is Cc1ccc2c(C(=O)NCCCCCCCCN3CCc4ccc(C(=O)C(C)C)cc4CC3)cccc2n1.